The summed E-state index contributed by atoms with van der Waals surface area (Å²) >= 11 is 6.05. The summed E-state index contributed by atoms with van der Waals surface area (Å²) in [5, 5.41) is 18.6. The van der Waals surface area contributed by atoms with Crippen molar-refractivity contribution in [3.8, 4) is 5.75 Å². The molecule has 5 heteroatoms. The highest BCUT2D eigenvalue weighted by molar-refractivity contribution is 6.31. The fraction of sp³-hybridized carbons (Fsp3) is 0.286. The van der Waals surface area contributed by atoms with Gasteiger partial charge in [0.05, 0.1) is 5.52 Å². The van der Waals surface area contributed by atoms with Crippen molar-refractivity contribution >= 4 is 33.9 Å². The number of anilines is 2. The van der Waals surface area contributed by atoms with Crippen LogP contribution in [0.2, 0.25) is 5.02 Å². The lowest BCUT2D eigenvalue weighted by Crippen LogP contribution is -2.26. The number of aromatic nitrogens is 1. The molecule has 0 aliphatic heterocycles. The molecule has 4 nitrogen and oxygen atoms in total. The molecule has 0 aliphatic carbocycles. The number of nitrogens with zero attached hydrogens (tertiary/aromatic N) is 1. The highest BCUT2D eigenvalue weighted by Crippen LogP contribution is 2.29. The van der Waals surface area contributed by atoms with Gasteiger partial charge in [-0.1, -0.05) is 32.4 Å². The predicted octanol–water partition coefficient (Wildman–Crippen LogP) is 5.47. The van der Waals surface area contributed by atoms with E-state index in [9.17, 15) is 5.11 Å². The lowest BCUT2D eigenvalue weighted by atomic mass is 9.97. The van der Waals surface area contributed by atoms with Crippen LogP contribution in [0.4, 0.5) is 11.4 Å². The van der Waals surface area contributed by atoms with Crippen LogP contribution in [-0.4, -0.2) is 16.6 Å². The second-order valence-electron chi connectivity index (χ2n) is 7.65. The number of benzene rings is 2. The fourth-order valence-corrected chi connectivity index (χ4v) is 2.93. The van der Waals surface area contributed by atoms with Crippen molar-refractivity contribution in [2.45, 2.75) is 27.3 Å². The van der Waals surface area contributed by atoms with Crippen molar-refractivity contribution in [3.63, 3.8) is 0 Å². The van der Waals surface area contributed by atoms with Gasteiger partial charge < -0.3 is 15.7 Å². The zero-order chi connectivity index (χ0) is 18.7. The minimum absolute atomic E-state index is 0.197. The molecule has 0 fully saturated rings. The van der Waals surface area contributed by atoms with Crippen LogP contribution in [0.3, 0.4) is 0 Å². The Bertz CT molecular complexity index is 919. The summed E-state index contributed by atoms with van der Waals surface area (Å²) in [6, 6.07) is 13.1. The number of aromatic hydroxyl groups is 1. The molecule has 0 bridgehead atoms. The summed E-state index contributed by atoms with van der Waals surface area (Å²) in [6.07, 6.45) is 1.76. The van der Waals surface area contributed by atoms with Gasteiger partial charge >= 0.3 is 0 Å². The maximum absolute atomic E-state index is 10.1. The van der Waals surface area contributed by atoms with Gasteiger partial charge in [0.25, 0.3) is 0 Å². The van der Waals surface area contributed by atoms with E-state index >= 15 is 0 Å². The predicted molar refractivity (Wildman–Crippen MR) is 109 cm³/mol. The Morgan fingerprint density at radius 3 is 2.65 bits per heavy atom. The van der Waals surface area contributed by atoms with Crippen LogP contribution in [-0.2, 0) is 6.54 Å². The molecule has 3 rings (SSSR count). The van der Waals surface area contributed by atoms with Gasteiger partial charge in [0.1, 0.15) is 5.75 Å². The molecule has 0 atom stereocenters. The Labute approximate surface area is 159 Å². The van der Waals surface area contributed by atoms with Gasteiger partial charge in [0.2, 0.25) is 0 Å². The second-order valence-corrected chi connectivity index (χ2v) is 8.09. The van der Waals surface area contributed by atoms with Crippen LogP contribution in [0.15, 0.2) is 48.7 Å². The summed E-state index contributed by atoms with van der Waals surface area (Å²) in [5.41, 5.74) is 3.76. The first kappa shape index (κ1) is 18.5. The standard InChI is InChI=1S/C21H24ClN3O/c1-21(2,3)13-23-12-14-10-16(5-7-20(14)26)25-18-8-9-24-19-11-15(22)4-6-17(18)19/h4-11,23,26H,12-13H2,1-3H3,(H,24,25). The molecule has 0 saturated heterocycles. The molecular weight excluding hydrogens is 346 g/mol. The molecule has 0 amide bonds. The average Bonchev–Trinajstić information content (AvgIpc) is 2.56. The quantitative estimate of drug-likeness (QED) is 0.522. The molecule has 0 aliphatic rings. The van der Waals surface area contributed by atoms with E-state index in [1.165, 1.54) is 0 Å². The third-order valence-electron chi connectivity index (χ3n) is 4.03. The van der Waals surface area contributed by atoms with E-state index in [4.69, 9.17) is 11.6 Å². The van der Waals surface area contributed by atoms with Gasteiger partial charge in [-0.2, -0.15) is 0 Å². The van der Waals surface area contributed by atoms with Crippen molar-refractivity contribution in [1.29, 1.82) is 0 Å². The number of phenols is 1. The highest BCUT2D eigenvalue weighted by Gasteiger charge is 2.11. The third kappa shape index (κ3) is 4.65. The Morgan fingerprint density at radius 1 is 1.08 bits per heavy atom. The summed E-state index contributed by atoms with van der Waals surface area (Å²) < 4.78 is 0. The summed E-state index contributed by atoms with van der Waals surface area (Å²) in [5.74, 6) is 0.295. The molecular formula is C21H24ClN3O. The van der Waals surface area contributed by atoms with Gasteiger partial charge in [0, 0.05) is 46.6 Å². The largest absolute Gasteiger partial charge is 0.508 e. The molecule has 3 aromatic rings. The van der Waals surface area contributed by atoms with E-state index in [0.717, 1.165) is 34.4 Å². The molecule has 26 heavy (non-hydrogen) atoms. The maximum atomic E-state index is 10.1. The molecule has 0 unspecified atom stereocenters. The topological polar surface area (TPSA) is 57.2 Å². The van der Waals surface area contributed by atoms with Crippen LogP contribution >= 0.6 is 11.6 Å². The van der Waals surface area contributed by atoms with E-state index in [1.807, 2.05) is 36.4 Å². The van der Waals surface area contributed by atoms with Crippen LogP contribution in [0.25, 0.3) is 10.9 Å². The lowest BCUT2D eigenvalue weighted by Gasteiger charge is -2.19. The van der Waals surface area contributed by atoms with Crippen molar-refractivity contribution in [1.82, 2.24) is 10.3 Å². The van der Waals surface area contributed by atoms with E-state index in [2.05, 4.69) is 36.4 Å². The van der Waals surface area contributed by atoms with E-state index in [-0.39, 0.29) is 5.41 Å². The molecule has 1 heterocycles. The van der Waals surface area contributed by atoms with Crippen LogP contribution < -0.4 is 10.6 Å². The molecule has 1 aromatic heterocycles. The number of pyridine rings is 1. The number of phenolic OH excluding ortho intramolecular Hbond substituents is 1. The Kier molecular flexibility index (Phi) is 5.35. The Morgan fingerprint density at radius 2 is 1.88 bits per heavy atom. The second kappa shape index (κ2) is 7.52. The average molecular weight is 370 g/mol. The monoisotopic (exact) mass is 369 g/mol. The van der Waals surface area contributed by atoms with Crippen molar-refractivity contribution in [2.24, 2.45) is 5.41 Å². The minimum atomic E-state index is 0.197. The number of fused-ring (bicyclic) bond motifs is 1. The van der Waals surface area contributed by atoms with Crippen LogP contribution in [0.1, 0.15) is 26.3 Å². The van der Waals surface area contributed by atoms with Crippen molar-refractivity contribution in [2.75, 3.05) is 11.9 Å². The third-order valence-corrected chi connectivity index (χ3v) is 4.27. The zero-order valence-corrected chi connectivity index (χ0v) is 16.1. The van der Waals surface area contributed by atoms with Gasteiger partial charge in [-0.15, -0.1) is 0 Å². The lowest BCUT2D eigenvalue weighted by molar-refractivity contribution is 0.376. The van der Waals surface area contributed by atoms with Gasteiger partial charge in [-0.3, -0.25) is 4.98 Å². The summed E-state index contributed by atoms with van der Waals surface area (Å²) in [6.45, 7) is 8.03. The normalized spacial score (nSPS) is 11.7. The molecule has 0 radical (unpaired) electrons. The van der Waals surface area contributed by atoms with Gasteiger partial charge in [-0.25, -0.2) is 0 Å². The molecule has 0 spiro atoms. The van der Waals surface area contributed by atoms with Crippen LogP contribution in [0, 0.1) is 5.41 Å². The van der Waals surface area contributed by atoms with E-state index in [1.54, 1.807) is 12.3 Å². The number of halogens is 1. The highest BCUT2D eigenvalue weighted by atomic mass is 35.5. The van der Waals surface area contributed by atoms with Gasteiger partial charge in [-0.05, 0) is 47.9 Å². The summed E-state index contributed by atoms with van der Waals surface area (Å²) in [4.78, 5) is 4.37. The fourth-order valence-electron chi connectivity index (χ4n) is 2.76. The van der Waals surface area contributed by atoms with Crippen molar-refractivity contribution in [3.05, 3.63) is 59.2 Å². The smallest absolute Gasteiger partial charge is 0.120 e. The SMILES string of the molecule is CC(C)(C)CNCc1cc(Nc2ccnc3cc(Cl)ccc23)ccc1O. The van der Waals surface area contributed by atoms with E-state index in [0.29, 0.717) is 17.3 Å². The molecule has 3 N–H and O–H groups in total. The zero-order valence-electron chi connectivity index (χ0n) is 15.3. The van der Waals surface area contributed by atoms with Gasteiger partial charge in [0.15, 0.2) is 0 Å². The Hall–Kier alpha value is -2.30. The molecule has 136 valence electrons. The minimum Gasteiger partial charge on any atom is -0.508 e. The first-order valence-corrected chi connectivity index (χ1v) is 9.03. The Balaban J connectivity index is 1.81. The number of rotatable bonds is 5. The number of hydrogen-bond acceptors (Lipinski definition) is 4. The summed E-state index contributed by atoms with van der Waals surface area (Å²) in [7, 11) is 0. The van der Waals surface area contributed by atoms with Crippen molar-refractivity contribution < 1.29 is 5.11 Å². The number of nitrogens with one attached hydrogen (secondary N) is 2. The maximum Gasteiger partial charge on any atom is 0.120 e. The van der Waals surface area contributed by atoms with Crippen LogP contribution in [0.5, 0.6) is 5.75 Å². The first-order chi connectivity index (χ1) is 12.3. The molecule has 0 saturated carbocycles. The first-order valence-electron chi connectivity index (χ1n) is 8.66. The molecule has 2 aromatic carbocycles. The number of hydrogen-bond donors (Lipinski definition) is 3. The van der Waals surface area contributed by atoms with E-state index < -0.39 is 0 Å².